The van der Waals surface area contributed by atoms with Crippen molar-refractivity contribution >= 4 is 5.78 Å². The SMILES string of the molecule is CC(=O)c1cc(C)ccc1OCC(C)CC(C)C. The zero-order chi connectivity index (χ0) is 13.7. The maximum Gasteiger partial charge on any atom is 0.163 e. The Hall–Kier alpha value is -1.31. The Morgan fingerprint density at radius 1 is 1.28 bits per heavy atom. The molecule has 0 amide bonds. The van der Waals surface area contributed by atoms with E-state index in [0.29, 0.717) is 29.8 Å². The zero-order valence-electron chi connectivity index (χ0n) is 12.1. The maximum atomic E-state index is 11.6. The standard InChI is InChI=1S/C16H24O2/c1-11(2)8-13(4)10-18-16-7-6-12(3)9-15(16)14(5)17/h6-7,9,11,13H,8,10H2,1-5H3. The van der Waals surface area contributed by atoms with Gasteiger partial charge in [0, 0.05) is 0 Å². The van der Waals surface area contributed by atoms with Crippen molar-refractivity contribution in [2.45, 2.75) is 41.0 Å². The van der Waals surface area contributed by atoms with Crippen LogP contribution in [0.1, 0.15) is 50.0 Å². The number of hydrogen-bond donors (Lipinski definition) is 0. The van der Waals surface area contributed by atoms with E-state index >= 15 is 0 Å². The van der Waals surface area contributed by atoms with Crippen molar-refractivity contribution in [3.8, 4) is 5.75 Å². The van der Waals surface area contributed by atoms with Gasteiger partial charge in [-0.05, 0) is 44.2 Å². The monoisotopic (exact) mass is 248 g/mol. The number of aryl methyl sites for hydroxylation is 1. The minimum Gasteiger partial charge on any atom is -0.493 e. The molecule has 0 saturated carbocycles. The second-order valence-electron chi connectivity index (χ2n) is 5.60. The molecule has 0 saturated heterocycles. The molecule has 0 heterocycles. The lowest BCUT2D eigenvalue weighted by atomic mass is 10.00. The largest absolute Gasteiger partial charge is 0.493 e. The van der Waals surface area contributed by atoms with E-state index in [1.165, 1.54) is 0 Å². The van der Waals surface area contributed by atoms with Crippen molar-refractivity contribution in [2.24, 2.45) is 11.8 Å². The minimum atomic E-state index is 0.0604. The van der Waals surface area contributed by atoms with Gasteiger partial charge in [0.05, 0.1) is 12.2 Å². The third kappa shape index (κ3) is 4.52. The second-order valence-corrected chi connectivity index (χ2v) is 5.60. The van der Waals surface area contributed by atoms with Crippen molar-refractivity contribution in [2.75, 3.05) is 6.61 Å². The number of carbonyl (C=O) groups excluding carboxylic acids is 1. The summed E-state index contributed by atoms with van der Waals surface area (Å²) < 4.78 is 5.80. The first-order chi connectivity index (χ1) is 8.40. The van der Waals surface area contributed by atoms with E-state index in [1.54, 1.807) is 6.92 Å². The molecule has 0 spiro atoms. The Morgan fingerprint density at radius 2 is 1.94 bits per heavy atom. The van der Waals surface area contributed by atoms with Crippen molar-refractivity contribution in [3.05, 3.63) is 29.3 Å². The summed E-state index contributed by atoms with van der Waals surface area (Å²) in [4.78, 5) is 11.6. The third-order valence-electron chi connectivity index (χ3n) is 2.91. The molecule has 1 rings (SSSR count). The van der Waals surface area contributed by atoms with E-state index in [1.807, 2.05) is 25.1 Å². The number of Topliss-reactive ketones (excluding diaryl/α,β-unsaturated/α-hetero) is 1. The Balaban J connectivity index is 2.70. The third-order valence-corrected chi connectivity index (χ3v) is 2.91. The highest BCUT2D eigenvalue weighted by molar-refractivity contribution is 5.97. The van der Waals surface area contributed by atoms with Crippen LogP contribution in [0.2, 0.25) is 0 Å². The van der Waals surface area contributed by atoms with Crippen molar-refractivity contribution in [3.63, 3.8) is 0 Å². The summed E-state index contributed by atoms with van der Waals surface area (Å²) in [6.07, 6.45) is 1.14. The summed E-state index contributed by atoms with van der Waals surface area (Å²) in [6, 6.07) is 5.77. The smallest absolute Gasteiger partial charge is 0.163 e. The highest BCUT2D eigenvalue weighted by atomic mass is 16.5. The van der Waals surface area contributed by atoms with E-state index in [2.05, 4.69) is 20.8 Å². The molecule has 0 radical (unpaired) electrons. The Morgan fingerprint density at radius 3 is 2.50 bits per heavy atom. The van der Waals surface area contributed by atoms with Gasteiger partial charge in [-0.25, -0.2) is 0 Å². The van der Waals surface area contributed by atoms with E-state index in [0.717, 1.165) is 12.0 Å². The number of ketones is 1. The fourth-order valence-corrected chi connectivity index (χ4v) is 2.15. The van der Waals surface area contributed by atoms with Crippen LogP contribution in [0.3, 0.4) is 0 Å². The quantitative estimate of drug-likeness (QED) is 0.703. The van der Waals surface area contributed by atoms with Gasteiger partial charge in [-0.15, -0.1) is 0 Å². The van der Waals surface area contributed by atoms with Crippen molar-refractivity contribution in [1.29, 1.82) is 0 Å². The van der Waals surface area contributed by atoms with Crippen LogP contribution in [0.15, 0.2) is 18.2 Å². The molecular weight excluding hydrogens is 224 g/mol. The fourth-order valence-electron chi connectivity index (χ4n) is 2.15. The lowest BCUT2D eigenvalue weighted by Crippen LogP contribution is -2.12. The van der Waals surface area contributed by atoms with Gasteiger partial charge in [0.15, 0.2) is 5.78 Å². The van der Waals surface area contributed by atoms with Gasteiger partial charge >= 0.3 is 0 Å². The number of rotatable bonds is 6. The highest BCUT2D eigenvalue weighted by Crippen LogP contribution is 2.22. The van der Waals surface area contributed by atoms with E-state index in [4.69, 9.17) is 4.74 Å². The second kappa shape index (κ2) is 6.58. The van der Waals surface area contributed by atoms with E-state index < -0.39 is 0 Å². The summed E-state index contributed by atoms with van der Waals surface area (Å²) in [6.45, 7) is 10.8. The van der Waals surface area contributed by atoms with Crippen LogP contribution >= 0.6 is 0 Å². The van der Waals surface area contributed by atoms with Crippen LogP contribution in [-0.4, -0.2) is 12.4 Å². The average Bonchev–Trinajstić information content (AvgIpc) is 2.26. The first-order valence-electron chi connectivity index (χ1n) is 6.64. The minimum absolute atomic E-state index is 0.0604. The predicted octanol–water partition coefficient (Wildman–Crippen LogP) is 4.26. The maximum absolute atomic E-state index is 11.6. The molecule has 0 N–H and O–H groups in total. The Labute approximate surface area is 110 Å². The molecule has 2 heteroatoms. The Bertz CT molecular complexity index is 408. The number of ether oxygens (including phenoxy) is 1. The normalized spacial score (nSPS) is 12.6. The van der Waals surface area contributed by atoms with Crippen LogP contribution in [0.4, 0.5) is 0 Å². The van der Waals surface area contributed by atoms with Crippen LogP contribution in [0.25, 0.3) is 0 Å². The molecule has 2 nitrogen and oxygen atoms in total. The Kier molecular flexibility index (Phi) is 5.39. The van der Waals surface area contributed by atoms with Crippen LogP contribution in [-0.2, 0) is 0 Å². The lowest BCUT2D eigenvalue weighted by Gasteiger charge is -2.16. The molecule has 0 aliphatic heterocycles. The molecule has 100 valence electrons. The highest BCUT2D eigenvalue weighted by Gasteiger charge is 2.11. The molecule has 0 aliphatic carbocycles. The van der Waals surface area contributed by atoms with Crippen molar-refractivity contribution in [1.82, 2.24) is 0 Å². The van der Waals surface area contributed by atoms with Crippen LogP contribution in [0, 0.1) is 18.8 Å². The van der Waals surface area contributed by atoms with Gasteiger partial charge in [0.2, 0.25) is 0 Å². The summed E-state index contributed by atoms with van der Waals surface area (Å²) in [5, 5.41) is 0. The fraction of sp³-hybridized carbons (Fsp3) is 0.562. The summed E-state index contributed by atoms with van der Waals surface area (Å²) >= 11 is 0. The average molecular weight is 248 g/mol. The molecule has 1 unspecified atom stereocenters. The van der Waals surface area contributed by atoms with Gasteiger partial charge in [0.25, 0.3) is 0 Å². The lowest BCUT2D eigenvalue weighted by molar-refractivity contribution is 0.101. The van der Waals surface area contributed by atoms with Crippen molar-refractivity contribution < 1.29 is 9.53 Å². The molecule has 1 atom stereocenters. The van der Waals surface area contributed by atoms with Gasteiger partial charge in [-0.1, -0.05) is 32.4 Å². The number of hydrogen-bond acceptors (Lipinski definition) is 2. The summed E-state index contributed by atoms with van der Waals surface area (Å²) in [5.74, 6) is 1.95. The van der Waals surface area contributed by atoms with Gasteiger partial charge in [0.1, 0.15) is 5.75 Å². The summed E-state index contributed by atoms with van der Waals surface area (Å²) in [5.41, 5.74) is 1.77. The molecule has 0 aromatic heterocycles. The molecule has 0 fully saturated rings. The molecule has 0 aliphatic rings. The number of carbonyl (C=O) groups is 1. The van der Waals surface area contributed by atoms with Gasteiger partial charge < -0.3 is 4.74 Å². The molecule has 1 aromatic rings. The molecule has 18 heavy (non-hydrogen) atoms. The van der Waals surface area contributed by atoms with Crippen LogP contribution < -0.4 is 4.74 Å². The van der Waals surface area contributed by atoms with E-state index in [-0.39, 0.29) is 5.78 Å². The predicted molar refractivity (Wildman–Crippen MR) is 75.3 cm³/mol. The first kappa shape index (κ1) is 14.7. The van der Waals surface area contributed by atoms with Crippen LogP contribution in [0.5, 0.6) is 5.75 Å². The van der Waals surface area contributed by atoms with E-state index in [9.17, 15) is 4.79 Å². The first-order valence-corrected chi connectivity index (χ1v) is 6.64. The molecule has 1 aromatic carbocycles. The topological polar surface area (TPSA) is 26.3 Å². The molecule has 0 bridgehead atoms. The molecular formula is C16H24O2. The summed E-state index contributed by atoms with van der Waals surface area (Å²) in [7, 11) is 0. The zero-order valence-corrected chi connectivity index (χ0v) is 12.1. The van der Waals surface area contributed by atoms with Gasteiger partial charge in [-0.3, -0.25) is 4.79 Å². The van der Waals surface area contributed by atoms with Gasteiger partial charge in [-0.2, -0.15) is 0 Å². The number of benzene rings is 1.